The molecule has 3 aromatic carbocycles. The highest BCUT2D eigenvalue weighted by Gasteiger charge is 2.34. The van der Waals surface area contributed by atoms with Crippen molar-refractivity contribution < 1.29 is 35.9 Å². The van der Waals surface area contributed by atoms with Gasteiger partial charge in [-0.2, -0.15) is 31.3 Å². The molecule has 1 aliphatic rings. The molecule has 0 aliphatic carbocycles. The molecule has 1 amide bonds. The number of thioether (sulfide) groups is 1. The van der Waals surface area contributed by atoms with Crippen LogP contribution in [0.1, 0.15) is 29.5 Å². The van der Waals surface area contributed by atoms with Gasteiger partial charge in [0.1, 0.15) is 12.1 Å². The van der Waals surface area contributed by atoms with Gasteiger partial charge in [0.2, 0.25) is 5.91 Å². The first-order valence-corrected chi connectivity index (χ1v) is 15.4. The maximum Gasteiger partial charge on any atom is 0.422 e. The van der Waals surface area contributed by atoms with E-state index in [1.165, 1.54) is 34.1 Å². The fourth-order valence-corrected chi connectivity index (χ4v) is 5.63. The molecular weight excluding hydrogens is 667 g/mol. The maximum atomic E-state index is 12.9. The monoisotopic (exact) mass is 692 g/mol. The zero-order valence-electron chi connectivity index (χ0n) is 24.8. The minimum atomic E-state index is -4.55. The highest BCUT2D eigenvalue weighted by molar-refractivity contribution is 8.15. The minimum absolute atomic E-state index is 0.0343. The average molecular weight is 693 g/mol. The van der Waals surface area contributed by atoms with Crippen molar-refractivity contribution in [1.29, 1.82) is 0 Å². The number of nitrogens with one attached hydrogen (secondary N) is 1. The van der Waals surface area contributed by atoms with E-state index in [4.69, 9.17) is 17.0 Å². The smallest absolute Gasteiger partial charge is 0.422 e. The van der Waals surface area contributed by atoms with E-state index in [1.54, 1.807) is 19.1 Å². The number of halogens is 6. The van der Waals surface area contributed by atoms with Gasteiger partial charge in [-0.1, -0.05) is 49.0 Å². The quantitative estimate of drug-likeness (QED) is 0.153. The second-order valence-electron chi connectivity index (χ2n) is 10.6. The molecule has 0 saturated carbocycles. The predicted molar refractivity (Wildman–Crippen MR) is 171 cm³/mol. The average Bonchev–Trinajstić information content (AvgIpc) is 3.65. The summed E-state index contributed by atoms with van der Waals surface area (Å²) in [6.07, 6.45) is -7.56. The molecule has 1 N–H and O–H groups in total. The lowest BCUT2D eigenvalue weighted by molar-refractivity contribution is -0.153. The third-order valence-corrected chi connectivity index (χ3v) is 8.12. The van der Waals surface area contributed by atoms with Gasteiger partial charge < -0.3 is 10.1 Å². The molecule has 5 rings (SSSR count). The summed E-state index contributed by atoms with van der Waals surface area (Å²) >= 11 is 6.52. The number of carbonyl (C=O) groups excluding carboxylic acids is 1. The van der Waals surface area contributed by atoms with Crippen LogP contribution in [-0.2, 0) is 11.0 Å². The first-order chi connectivity index (χ1) is 22.2. The summed E-state index contributed by atoms with van der Waals surface area (Å²) in [5, 5.41) is 7.76. The Morgan fingerprint density at radius 1 is 1.06 bits per heavy atom. The van der Waals surface area contributed by atoms with E-state index in [0.29, 0.717) is 29.2 Å². The SMILES string of the molecule is Cc1ccc(OCC(F)(F)F)c(N2C(=O)CSC2=NC(=S)NCC(C)c2ccc(-c3ncn(-c4ccc(C(F)(F)F)cc4)n3)cc2)c1. The Labute approximate surface area is 274 Å². The molecule has 1 unspecified atom stereocenters. The number of aliphatic imine (C=N–C) groups is 1. The van der Waals surface area contributed by atoms with Crippen LogP contribution in [0.5, 0.6) is 5.75 Å². The summed E-state index contributed by atoms with van der Waals surface area (Å²) < 4.78 is 83.5. The molecule has 0 radical (unpaired) electrons. The van der Waals surface area contributed by atoms with E-state index in [9.17, 15) is 31.1 Å². The number of hydrogen-bond donors (Lipinski definition) is 1. The number of thiocarbonyl (C=S) groups is 1. The van der Waals surface area contributed by atoms with Crippen molar-refractivity contribution in [1.82, 2.24) is 20.1 Å². The third kappa shape index (κ3) is 8.48. The molecule has 16 heteroatoms. The van der Waals surface area contributed by atoms with E-state index < -0.39 is 24.5 Å². The Balaban J connectivity index is 1.21. The maximum absolute atomic E-state index is 12.9. The number of nitrogens with zero attached hydrogens (tertiary/aromatic N) is 5. The summed E-state index contributed by atoms with van der Waals surface area (Å²) in [7, 11) is 0. The first-order valence-electron chi connectivity index (χ1n) is 14.0. The molecular formula is C31H26F6N6O2S2. The van der Waals surface area contributed by atoms with Gasteiger partial charge in [0.15, 0.2) is 22.7 Å². The largest absolute Gasteiger partial charge is 0.482 e. The molecule has 8 nitrogen and oxygen atoms in total. The van der Waals surface area contributed by atoms with Gasteiger partial charge in [-0.25, -0.2) is 9.67 Å². The van der Waals surface area contributed by atoms with Gasteiger partial charge >= 0.3 is 12.4 Å². The van der Waals surface area contributed by atoms with E-state index in [2.05, 4.69) is 20.4 Å². The lowest BCUT2D eigenvalue weighted by Crippen LogP contribution is -2.32. The summed E-state index contributed by atoms with van der Waals surface area (Å²) in [5.74, 6) is -0.0741. The number of anilines is 1. The Bertz CT molecular complexity index is 1790. The van der Waals surface area contributed by atoms with Gasteiger partial charge in [-0.3, -0.25) is 9.69 Å². The van der Waals surface area contributed by atoms with Gasteiger partial charge in [0, 0.05) is 12.1 Å². The van der Waals surface area contributed by atoms with Crippen molar-refractivity contribution in [2.24, 2.45) is 4.99 Å². The Morgan fingerprint density at radius 3 is 2.43 bits per heavy atom. The summed E-state index contributed by atoms with van der Waals surface area (Å²) in [6, 6.07) is 16.6. The molecule has 0 spiro atoms. The standard InChI is InChI=1S/C31H26F6N6O2S2/c1-18-3-12-25(45-16-30(32,33)34)24(13-18)43-26(44)15-47-29(43)40-28(46)38-14-19(2)20-4-6-21(7-5-20)27-39-17-42(41-27)23-10-8-22(9-11-23)31(35,36)37/h3-13,17,19H,14-16H2,1-2H3,(H,38,46). The van der Waals surface area contributed by atoms with Gasteiger partial charge in [-0.05, 0) is 72.6 Å². The second kappa shape index (κ2) is 13.7. The molecule has 47 heavy (non-hydrogen) atoms. The number of amides is 1. The van der Waals surface area contributed by atoms with Crippen LogP contribution in [0, 0.1) is 6.92 Å². The van der Waals surface area contributed by atoms with Crippen molar-refractivity contribution in [3.8, 4) is 22.8 Å². The Hall–Kier alpha value is -4.44. The van der Waals surface area contributed by atoms with Crippen molar-refractivity contribution in [2.45, 2.75) is 32.1 Å². The van der Waals surface area contributed by atoms with Crippen LogP contribution in [0.3, 0.4) is 0 Å². The van der Waals surface area contributed by atoms with Crippen molar-refractivity contribution in [3.05, 3.63) is 89.7 Å². The van der Waals surface area contributed by atoms with Crippen LogP contribution in [0.2, 0.25) is 0 Å². The van der Waals surface area contributed by atoms with Crippen LogP contribution in [0.15, 0.2) is 78.0 Å². The zero-order chi connectivity index (χ0) is 33.9. The van der Waals surface area contributed by atoms with Crippen LogP contribution in [-0.4, -0.2) is 56.0 Å². The van der Waals surface area contributed by atoms with Crippen LogP contribution in [0.25, 0.3) is 17.1 Å². The van der Waals surface area contributed by atoms with E-state index >= 15 is 0 Å². The summed E-state index contributed by atoms with van der Waals surface area (Å²) in [5.41, 5.74) is 2.21. The normalized spacial score (nSPS) is 15.3. The molecule has 1 atom stereocenters. The van der Waals surface area contributed by atoms with Crippen molar-refractivity contribution >= 4 is 45.9 Å². The van der Waals surface area contributed by atoms with Crippen LogP contribution < -0.4 is 15.0 Å². The molecule has 4 aromatic rings. The minimum Gasteiger partial charge on any atom is -0.482 e. The number of rotatable bonds is 8. The van der Waals surface area contributed by atoms with Gasteiger partial charge in [0.25, 0.3) is 0 Å². The van der Waals surface area contributed by atoms with E-state index in [0.717, 1.165) is 29.5 Å². The molecule has 1 fully saturated rings. The highest BCUT2D eigenvalue weighted by Crippen LogP contribution is 2.36. The number of carbonyl (C=O) groups is 1. The molecule has 1 saturated heterocycles. The van der Waals surface area contributed by atoms with E-state index in [-0.39, 0.29) is 39.3 Å². The van der Waals surface area contributed by atoms with Crippen LogP contribution >= 0.6 is 24.0 Å². The zero-order valence-corrected chi connectivity index (χ0v) is 26.4. The fourth-order valence-electron chi connectivity index (χ4n) is 4.53. The Kier molecular flexibility index (Phi) is 9.91. The van der Waals surface area contributed by atoms with Crippen molar-refractivity contribution in [2.75, 3.05) is 23.8 Å². The second-order valence-corrected chi connectivity index (χ2v) is 11.9. The topological polar surface area (TPSA) is 84.6 Å². The van der Waals surface area contributed by atoms with Gasteiger partial charge in [0.05, 0.1) is 22.7 Å². The molecule has 2 heterocycles. The fraction of sp³-hybridized carbons (Fsp3) is 0.258. The first kappa shape index (κ1) is 33.9. The number of aryl methyl sites for hydroxylation is 1. The number of aromatic nitrogens is 3. The lowest BCUT2D eigenvalue weighted by Gasteiger charge is -2.21. The number of amidine groups is 1. The molecule has 1 aliphatic heterocycles. The molecule has 0 bridgehead atoms. The van der Waals surface area contributed by atoms with E-state index in [1.807, 2.05) is 31.2 Å². The lowest BCUT2D eigenvalue weighted by atomic mass is 10.00. The highest BCUT2D eigenvalue weighted by atomic mass is 32.2. The Morgan fingerprint density at radius 2 is 1.77 bits per heavy atom. The number of hydrogen-bond acceptors (Lipinski definition) is 6. The van der Waals surface area contributed by atoms with Gasteiger partial charge in [-0.15, -0.1) is 5.10 Å². The summed E-state index contributed by atoms with van der Waals surface area (Å²) in [6.45, 7) is 2.59. The number of benzene rings is 3. The predicted octanol–water partition coefficient (Wildman–Crippen LogP) is 7.32. The number of ether oxygens (including phenoxy) is 1. The molecule has 246 valence electrons. The van der Waals surface area contributed by atoms with Crippen molar-refractivity contribution in [3.63, 3.8) is 0 Å². The summed E-state index contributed by atoms with van der Waals surface area (Å²) in [4.78, 5) is 22.6. The number of alkyl halides is 6. The third-order valence-electron chi connectivity index (χ3n) is 6.96. The van der Waals surface area contributed by atoms with Crippen LogP contribution in [0.4, 0.5) is 32.0 Å². The molecule has 1 aromatic heterocycles.